The van der Waals surface area contributed by atoms with Crippen molar-refractivity contribution in [3.05, 3.63) is 24.3 Å². The van der Waals surface area contributed by atoms with Crippen LogP contribution in [-0.4, -0.2) is 19.1 Å². The molecule has 104 valence electrons. The van der Waals surface area contributed by atoms with E-state index in [9.17, 15) is 0 Å². The van der Waals surface area contributed by atoms with Gasteiger partial charge in [0.2, 0.25) is 0 Å². The number of hydrogen-bond acceptors (Lipinski definition) is 2. The summed E-state index contributed by atoms with van der Waals surface area (Å²) in [6.07, 6.45) is 5.35. The van der Waals surface area contributed by atoms with E-state index in [1.807, 2.05) is 0 Å². The van der Waals surface area contributed by atoms with Gasteiger partial charge < -0.3 is 10.2 Å². The number of anilines is 2. The van der Waals surface area contributed by atoms with Crippen LogP contribution in [0.25, 0.3) is 0 Å². The van der Waals surface area contributed by atoms with E-state index in [0.29, 0.717) is 0 Å². The molecule has 1 saturated carbocycles. The Balaban J connectivity index is 1.84. The second-order valence-electron chi connectivity index (χ2n) is 6.41. The smallest absolute Gasteiger partial charge is 0.0604 e. The van der Waals surface area contributed by atoms with E-state index < -0.39 is 0 Å². The highest BCUT2D eigenvalue weighted by Crippen LogP contribution is 2.37. The normalized spacial score (nSPS) is 31.3. The standard InChI is InChI=1S/C17H26N2/c1-13-8-9-15(12-14(13)2)19-11-5-10-18-16-6-3-4-7-17(16)19/h3-4,6-7,13-15,18H,5,8-12H2,1-2H3. The Kier molecular flexibility index (Phi) is 3.67. The lowest BCUT2D eigenvalue weighted by Gasteiger charge is -2.40. The number of fused-ring (bicyclic) bond motifs is 1. The van der Waals surface area contributed by atoms with Crippen molar-refractivity contribution in [2.24, 2.45) is 11.8 Å². The van der Waals surface area contributed by atoms with Crippen LogP contribution < -0.4 is 10.2 Å². The lowest BCUT2D eigenvalue weighted by molar-refractivity contribution is 0.244. The van der Waals surface area contributed by atoms with Gasteiger partial charge in [0, 0.05) is 19.1 Å². The van der Waals surface area contributed by atoms with Gasteiger partial charge in [0.15, 0.2) is 0 Å². The van der Waals surface area contributed by atoms with E-state index in [-0.39, 0.29) is 0 Å². The minimum absolute atomic E-state index is 0.743. The summed E-state index contributed by atoms with van der Waals surface area (Å²) in [5.41, 5.74) is 2.75. The summed E-state index contributed by atoms with van der Waals surface area (Å²) < 4.78 is 0. The molecule has 3 atom stereocenters. The molecule has 2 nitrogen and oxygen atoms in total. The molecule has 3 unspecified atom stereocenters. The van der Waals surface area contributed by atoms with Crippen LogP contribution >= 0.6 is 0 Å². The van der Waals surface area contributed by atoms with Crippen molar-refractivity contribution < 1.29 is 0 Å². The quantitative estimate of drug-likeness (QED) is 0.814. The largest absolute Gasteiger partial charge is 0.383 e. The second-order valence-corrected chi connectivity index (χ2v) is 6.41. The number of hydrogen-bond donors (Lipinski definition) is 1. The third-order valence-electron chi connectivity index (χ3n) is 5.12. The summed E-state index contributed by atoms with van der Waals surface area (Å²) in [6, 6.07) is 9.57. The molecule has 2 aliphatic rings. The maximum Gasteiger partial charge on any atom is 0.0604 e. The summed E-state index contributed by atoms with van der Waals surface area (Å²) in [4.78, 5) is 2.68. The van der Waals surface area contributed by atoms with Crippen molar-refractivity contribution in [1.82, 2.24) is 0 Å². The van der Waals surface area contributed by atoms with E-state index in [2.05, 4.69) is 48.3 Å². The van der Waals surface area contributed by atoms with Gasteiger partial charge in [-0.05, 0) is 49.7 Å². The number of nitrogens with zero attached hydrogens (tertiary/aromatic N) is 1. The predicted octanol–water partition coefficient (Wildman–Crippen LogP) is 4.13. The van der Waals surface area contributed by atoms with Gasteiger partial charge >= 0.3 is 0 Å². The monoisotopic (exact) mass is 258 g/mol. The number of para-hydroxylation sites is 2. The fraction of sp³-hybridized carbons (Fsp3) is 0.647. The second kappa shape index (κ2) is 5.44. The van der Waals surface area contributed by atoms with Crippen LogP contribution in [0.5, 0.6) is 0 Å². The number of rotatable bonds is 1. The fourth-order valence-corrected chi connectivity index (χ4v) is 3.65. The van der Waals surface area contributed by atoms with E-state index >= 15 is 0 Å². The first-order chi connectivity index (χ1) is 9.25. The zero-order valence-electron chi connectivity index (χ0n) is 12.2. The van der Waals surface area contributed by atoms with Crippen LogP contribution in [0.4, 0.5) is 11.4 Å². The van der Waals surface area contributed by atoms with Gasteiger partial charge in [-0.2, -0.15) is 0 Å². The molecule has 0 radical (unpaired) electrons. The Bertz CT molecular complexity index is 429. The van der Waals surface area contributed by atoms with Crippen molar-refractivity contribution in [3.63, 3.8) is 0 Å². The third kappa shape index (κ3) is 2.58. The number of benzene rings is 1. The molecular weight excluding hydrogens is 232 g/mol. The van der Waals surface area contributed by atoms with Gasteiger partial charge in [-0.1, -0.05) is 26.0 Å². The van der Waals surface area contributed by atoms with Crippen LogP contribution in [0.2, 0.25) is 0 Å². The van der Waals surface area contributed by atoms with Gasteiger partial charge in [0.1, 0.15) is 0 Å². The van der Waals surface area contributed by atoms with E-state index in [1.54, 1.807) is 0 Å². The van der Waals surface area contributed by atoms with E-state index in [1.165, 1.54) is 43.6 Å². The van der Waals surface area contributed by atoms with Crippen molar-refractivity contribution in [1.29, 1.82) is 0 Å². The molecule has 1 N–H and O–H groups in total. The molecule has 1 aliphatic carbocycles. The molecule has 1 aromatic carbocycles. The average molecular weight is 258 g/mol. The zero-order chi connectivity index (χ0) is 13.2. The first-order valence-corrected chi connectivity index (χ1v) is 7.85. The highest BCUT2D eigenvalue weighted by Gasteiger charge is 2.30. The van der Waals surface area contributed by atoms with Gasteiger partial charge in [-0.15, -0.1) is 0 Å². The third-order valence-corrected chi connectivity index (χ3v) is 5.12. The Morgan fingerprint density at radius 1 is 1.11 bits per heavy atom. The Labute approximate surface area is 117 Å². The Morgan fingerprint density at radius 3 is 2.79 bits per heavy atom. The molecule has 1 fully saturated rings. The molecule has 2 heteroatoms. The Hall–Kier alpha value is -1.18. The summed E-state index contributed by atoms with van der Waals surface area (Å²) in [7, 11) is 0. The van der Waals surface area contributed by atoms with E-state index in [4.69, 9.17) is 0 Å². The maximum absolute atomic E-state index is 3.57. The minimum Gasteiger partial charge on any atom is -0.383 e. The molecule has 0 aromatic heterocycles. The van der Waals surface area contributed by atoms with Gasteiger partial charge in [0.25, 0.3) is 0 Å². The van der Waals surface area contributed by atoms with Crippen LogP contribution in [0, 0.1) is 11.8 Å². The molecule has 0 saturated heterocycles. The molecule has 3 rings (SSSR count). The van der Waals surface area contributed by atoms with Crippen molar-refractivity contribution >= 4 is 11.4 Å². The van der Waals surface area contributed by atoms with Crippen LogP contribution in [0.15, 0.2) is 24.3 Å². The van der Waals surface area contributed by atoms with Gasteiger partial charge in [-0.25, -0.2) is 0 Å². The SMILES string of the molecule is CC1CCC(N2CCCNc3ccccc32)CC1C. The van der Waals surface area contributed by atoms with Gasteiger partial charge in [0.05, 0.1) is 11.4 Å². The fourth-order valence-electron chi connectivity index (χ4n) is 3.65. The zero-order valence-corrected chi connectivity index (χ0v) is 12.2. The van der Waals surface area contributed by atoms with Crippen molar-refractivity contribution in [2.45, 2.75) is 45.6 Å². The highest BCUT2D eigenvalue weighted by molar-refractivity contribution is 5.71. The predicted molar refractivity (Wildman–Crippen MR) is 82.9 cm³/mol. The molecule has 0 spiro atoms. The maximum atomic E-state index is 3.57. The molecule has 1 heterocycles. The number of nitrogens with one attached hydrogen (secondary N) is 1. The molecular formula is C17H26N2. The average Bonchev–Trinajstić information content (AvgIpc) is 2.64. The molecule has 0 amide bonds. The van der Waals surface area contributed by atoms with Crippen LogP contribution in [-0.2, 0) is 0 Å². The summed E-state index contributed by atoms with van der Waals surface area (Å²) >= 11 is 0. The Morgan fingerprint density at radius 2 is 1.95 bits per heavy atom. The first kappa shape index (κ1) is 12.8. The first-order valence-electron chi connectivity index (χ1n) is 7.85. The summed E-state index contributed by atoms with van der Waals surface area (Å²) in [5, 5.41) is 3.57. The lowest BCUT2D eigenvalue weighted by atomic mass is 9.78. The van der Waals surface area contributed by atoms with Gasteiger partial charge in [-0.3, -0.25) is 0 Å². The van der Waals surface area contributed by atoms with E-state index in [0.717, 1.165) is 24.4 Å². The highest BCUT2D eigenvalue weighted by atomic mass is 15.2. The van der Waals surface area contributed by atoms with Crippen molar-refractivity contribution in [3.8, 4) is 0 Å². The summed E-state index contributed by atoms with van der Waals surface area (Å²) in [5.74, 6) is 1.76. The molecule has 1 aliphatic heterocycles. The van der Waals surface area contributed by atoms with Crippen molar-refractivity contribution in [2.75, 3.05) is 23.3 Å². The minimum atomic E-state index is 0.743. The topological polar surface area (TPSA) is 15.3 Å². The molecule has 1 aromatic rings. The molecule has 19 heavy (non-hydrogen) atoms. The summed E-state index contributed by atoms with van der Waals surface area (Å²) in [6.45, 7) is 7.15. The molecule has 0 bridgehead atoms. The van der Waals surface area contributed by atoms with Crippen LogP contribution in [0.1, 0.15) is 39.5 Å². The van der Waals surface area contributed by atoms with Crippen LogP contribution in [0.3, 0.4) is 0 Å². The lowest BCUT2D eigenvalue weighted by Crippen LogP contribution is -2.40.